The lowest BCUT2D eigenvalue weighted by Crippen LogP contribution is -2.45. The number of thioether (sulfide) groups is 1. The average Bonchev–Trinajstić information content (AvgIpc) is 3.76. The van der Waals surface area contributed by atoms with Gasteiger partial charge in [-0.2, -0.15) is 11.8 Å². The first-order chi connectivity index (χ1) is 22.8. The van der Waals surface area contributed by atoms with Crippen molar-refractivity contribution in [2.24, 2.45) is 11.8 Å². The number of fused-ring (bicyclic) bond motifs is 1. The molecule has 4 aliphatic heterocycles. The summed E-state index contributed by atoms with van der Waals surface area (Å²) in [6, 6.07) is 7.75. The van der Waals surface area contributed by atoms with Crippen molar-refractivity contribution in [2.75, 3.05) is 56.7 Å². The molecule has 0 aliphatic carbocycles. The molecule has 0 radical (unpaired) electrons. The second-order valence-corrected chi connectivity index (χ2v) is 14.1. The molecule has 1 aromatic carbocycles. The number of benzene rings is 1. The Morgan fingerprint density at radius 3 is 2.51 bits per heavy atom. The Morgan fingerprint density at radius 2 is 1.74 bits per heavy atom. The summed E-state index contributed by atoms with van der Waals surface area (Å²) < 4.78 is 11.1. The Labute approximate surface area is 281 Å². The van der Waals surface area contributed by atoms with Crippen LogP contribution < -0.4 is 25.6 Å². The number of hydrogen-bond donors (Lipinski definition) is 3. The highest BCUT2D eigenvalue weighted by atomic mass is 32.2. The number of Topliss-reactive ketones (excluding diaryl/α,β-unsaturated/α-hetero) is 1. The molecule has 47 heavy (non-hydrogen) atoms. The topological polar surface area (TPSA) is 146 Å². The molecule has 4 aliphatic rings. The van der Waals surface area contributed by atoms with Gasteiger partial charge in [-0.15, -0.1) is 0 Å². The van der Waals surface area contributed by atoms with Gasteiger partial charge in [-0.25, -0.2) is 4.79 Å². The number of unbranched alkanes of at least 4 members (excludes halogenated alkanes) is 1. The van der Waals surface area contributed by atoms with Crippen molar-refractivity contribution in [3.8, 4) is 5.75 Å². The smallest absolute Gasteiger partial charge is 0.315 e. The highest BCUT2D eigenvalue weighted by molar-refractivity contribution is 8.00. The number of likely N-dealkylation sites (tertiary alicyclic amines) is 1. The molecule has 4 fully saturated rings. The normalized spacial score (nSPS) is 24.2. The van der Waals surface area contributed by atoms with Gasteiger partial charge in [0, 0.05) is 74.7 Å². The molecule has 5 amide bonds. The number of ketones is 1. The second-order valence-electron chi connectivity index (χ2n) is 12.8. The molecule has 12 nitrogen and oxygen atoms in total. The number of ether oxygens (including phenoxy) is 2. The van der Waals surface area contributed by atoms with Gasteiger partial charge in [0.15, 0.2) is 0 Å². The van der Waals surface area contributed by atoms with E-state index in [2.05, 4.69) is 16.0 Å². The zero-order valence-corrected chi connectivity index (χ0v) is 28.2. The van der Waals surface area contributed by atoms with Crippen LogP contribution in [0.25, 0.3) is 0 Å². The number of hydrogen-bond acceptors (Lipinski definition) is 8. The third kappa shape index (κ3) is 9.62. The summed E-state index contributed by atoms with van der Waals surface area (Å²) in [7, 11) is 0. The van der Waals surface area contributed by atoms with E-state index in [0.29, 0.717) is 83.4 Å². The van der Waals surface area contributed by atoms with Crippen molar-refractivity contribution in [3.05, 3.63) is 24.3 Å². The SMILES string of the molecule is CCOc1ccc(N2CC(C(=O)N3CCC(C(=O)NCCOCCCC(=O)CCCC[C@@H]4SC[C@@H]5NC(=O)N[C@@H]54)CC3)CC2=O)cc1. The van der Waals surface area contributed by atoms with Gasteiger partial charge in [-0.3, -0.25) is 19.2 Å². The first kappa shape index (κ1) is 35.0. The molecule has 0 saturated carbocycles. The van der Waals surface area contributed by atoms with E-state index in [1.54, 1.807) is 9.80 Å². The lowest BCUT2D eigenvalue weighted by atomic mass is 9.94. The minimum atomic E-state index is -0.378. The fourth-order valence-corrected chi connectivity index (χ4v) is 8.48. The zero-order chi connectivity index (χ0) is 33.2. The van der Waals surface area contributed by atoms with Gasteiger partial charge < -0.3 is 35.2 Å². The molecule has 13 heteroatoms. The summed E-state index contributed by atoms with van der Waals surface area (Å²) in [5, 5.41) is 9.34. The van der Waals surface area contributed by atoms with Crippen molar-refractivity contribution >= 4 is 47.0 Å². The number of rotatable bonds is 17. The van der Waals surface area contributed by atoms with Gasteiger partial charge in [0.25, 0.3) is 0 Å². The van der Waals surface area contributed by atoms with Crippen molar-refractivity contribution in [1.82, 2.24) is 20.9 Å². The first-order valence-electron chi connectivity index (χ1n) is 17.2. The third-order valence-corrected chi connectivity index (χ3v) is 11.0. The molecule has 258 valence electrons. The summed E-state index contributed by atoms with van der Waals surface area (Å²) in [6.45, 7) is 5.15. The summed E-state index contributed by atoms with van der Waals surface area (Å²) >= 11 is 1.90. The van der Waals surface area contributed by atoms with Crippen LogP contribution in [0, 0.1) is 11.8 Å². The quantitative estimate of drug-likeness (QED) is 0.169. The maximum Gasteiger partial charge on any atom is 0.315 e. The maximum absolute atomic E-state index is 13.2. The minimum Gasteiger partial charge on any atom is -0.494 e. The predicted octanol–water partition coefficient (Wildman–Crippen LogP) is 2.88. The molecule has 5 rings (SSSR count). The number of carbonyl (C=O) groups excluding carboxylic acids is 5. The molecule has 0 aromatic heterocycles. The summed E-state index contributed by atoms with van der Waals surface area (Å²) in [5.74, 6) is 1.33. The van der Waals surface area contributed by atoms with Crippen LogP contribution in [0.2, 0.25) is 0 Å². The van der Waals surface area contributed by atoms with Crippen molar-refractivity contribution in [3.63, 3.8) is 0 Å². The van der Waals surface area contributed by atoms with Gasteiger partial charge in [-0.05, 0) is 63.3 Å². The average molecular weight is 672 g/mol. The van der Waals surface area contributed by atoms with Crippen molar-refractivity contribution in [2.45, 2.75) is 82.0 Å². The van der Waals surface area contributed by atoms with Crippen LogP contribution in [0.3, 0.4) is 0 Å². The number of carbonyl (C=O) groups is 5. The van der Waals surface area contributed by atoms with E-state index in [4.69, 9.17) is 9.47 Å². The van der Waals surface area contributed by atoms with Crippen molar-refractivity contribution < 1.29 is 33.4 Å². The molecular weight excluding hydrogens is 622 g/mol. The van der Waals surface area contributed by atoms with Crippen LogP contribution in [0.15, 0.2) is 24.3 Å². The van der Waals surface area contributed by atoms with Crippen LogP contribution in [-0.4, -0.2) is 104 Å². The number of amides is 5. The van der Waals surface area contributed by atoms with Gasteiger partial charge in [0.2, 0.25) is 17.7 Å². The Kier molecular flexibility index (Phi) is 12.8. The monoisotopic (exact) mass is 671 g/mol. The lowest BCUT2D eigenvalue weighted by Gasteiger charge is -2.33. The van der Waals surface area contributed by atoms with E-state index in [9.17, 15) is 24.0 Å². The molecule has 1 unspecified atom stereocenters. The number of anilines is 1. The van der Waals surface area contributed by atoms with Crippen LogP contribution in [0.1, 0.15) is 64.7 Å². The summed E-state index contributed by atoms with van der Waals surface area (Å²) in [6.07, 6.45) is 6.01. The van der Waals surface area contributed by atoms with E-state index in [-0.39, 0.29) is 59.9 Å². The number of piperidine rings is 1. The van der Waals surface area contributed by atoms with E-state index < -0.39 is 0 Å². The van der Waals surface area contributed by atoms with Crippen LogP contribution in [0.5, 0.6) is 5.75 Å². The van der Waals surface area contributed by atoms with E-state index in [1.165, 1.54) is 0 Å². The zero-order valence-electron chi connectivity index (χ0n) is 27.4. The Morgan fingerprint density at radius 1 is 0.979 bits per heavy atom. The van der Waals surface area contributed by atoms with Gasteiger partial charge in [-0.1, -0.05) is 6.42 Å². The molecule has 0 bridgehead atoms. The minimum absolute atomic E-state index is 0.0169. The molecule has 0 spiro atoms. The molecular formula is C34H49N5O7S. The summed E-state index contributed by atoms with van der Waals surface area (Å²) in [4.78, 5) is 65.8. The van der Waals surface area contributed by atoms with Gasteiger partial charge >= 0.3 is 6.03 Å². The van der Waals surface area contributed by atoms with Crippen LogP contribution in [-0.2, 0) is 23.9 Å². The second kappa shape index (κ2) is 17.2. The van der Waals surface area contributed by atoms with Gasteiger partial charge in [0.1, 0.15) is 11.5 Å². The third-order valence-electron chi connectivity index (χ3n) is 9.53. The van der Waals surface area contributed by atoms with Crippen LogP contribution >= 0.6 is 11.8 Å². The highest BCUT2D eigenvalue weighted by Crippen LogP contribution is 2.33. The Bertz CT molecular complexity index is 1260. The predicted molar refractivity (Wildman–Crippen MR) is 179 cm³/mol. The number of nitrogens with one attached hydrogen (secondary N) is 3. The molecule has 3 N–H and O–H groups in total. The largest absolute Gasteiger partial charge is 0.494 e. The molecule has 4 heterocycles. The van der Waals surface area contributed by atoms with E-state index >= 15 is 0 Å². The fourth-order valence-electron chi connectivity index (χ4n) is 6.93. The van der Waals surface area contributed by atoms with Crippen LogP contribution in [0.4, 0.5) is 10.5 Å². The molecule has 4 atom stereocenters. The van der Waals surface area contributed by atoms with E-state index in [0.717, 1.165) is 36.5 Å². The maximum atomic E-state index is 13.2. The van der Waals surface area contributed by atoms with Gasteiger partial charge in [0.05, 0.1) is 31.2 Å². The fraction of sp³-hybridized carbons (Fsp3) is 0.676. The Hall–Kier alpha value is -3.32. The molecule has 1 aromatic rings. The molecule has 4 saturated heterocycles. The van der Waals surface area contributed by atoms with Crippen molar-refractivity contribution in [1.29, 1.82) is 0 Å². The summed E-state index contributed by atoms with van der Waals surface area (Å²) in [5.41, 5.74) is 0.765. The number of urea groups is 1. The first-order valence-corrected chi connectivity index (χ1v) is 18.2. The Balaban J connectivity index is 0.874. The van der Waals surface area contributed by atoms with E-state index in [1.807, 2.05) is 43.0 Å². The lowest BCUT2D eigenvalue weighted by molar-refractivity contribution is -0.139. The standard InChI is InChI=1S/C34H49N5O7S/c1-2-46-27-11-9-25(10-12-27)39-21-24(20-30(39)41)33(43)38-16-13-23(14-17-38)32(42)35-15-19-45-18-5-7-26(40)6-3-4-8-29-31-28(22-47-29)36-34(44)37-31/h9-12,23-24,28-29,31H,2-8,13-22H2,1H3,(H,35,42)(H2,36,37,44)/t24?,28-,29-,31-/m0/s1. The number of nitrogens with zero attached hydrogens (tertiary/aromatic N) is 2. The highest BCUT2D eigenvalue weighted by Gasteiger charge is 2.42.